The van der Waals surface area contributed by atoms with Gasteiger partial charge < -0.3 is 20.2 Å². The molecule has 8 heteroatoms. The Morgan fingerprint density at radius 1 is 1.19 bits per heavy atom. The van der Waals surface area contributed by atoms with Gasteiger partial charge in [0.05, 0.1) is 17.8 Å². The van der Waals surface area contributed by atoms with E-state index >= 15 is 0 Å². The van der Waals surface area contributed by atoms with Crippen LogP contribution in [0.25, 0.3) is 11.3 Å². The van der Waals surface area contributed by atoms with Crippen molar-refractivity contribution in [2.75, 3.05) is 18.2 Å². The number of furan rings is 1. The van der Waals surface area contributed by atoms with Crippen LogP contribution in [-0.4, -0.2) is 13.0 Å². The predicted molar refractivity (Wildman–Crippen MR) is 110 cm³/mol. The summed E-state index contributed by atoms with van der Waals surface area (Å²) in [5, 5.41) is 3.28. The van der Waals surface area contributed by atoms with E-state index in [0.717, 1.165) is 4.47 Å². The summed E-state index contributed by atoms with van der Waals surface area (Å²) in [7, 11) is 1.50. The summed E-state index contributed by atoms with van der Waals surface area (Å²) < 4.78 is 12.4. The molecule has 3 rings (SSSR count). The Bertz CT molecular complexity index is 989. The third kappa shape index (κ3) is 3.90. The minimum absolute atomic E-state index is 0.143. The number of methoxy groups -OCH3 is 1. The molecular formula is C18H13Br2ClN2O3. The van der Waals surface area contributed by atoms with Crippen LogP contribution in [0.1, 0.15) is 10.6 Å². The molecule has 0 fully saturated rings. The van der Waals surface area contributed by atoms with E-state index in [4.69, 9.17) is 26.5 Å². The second-order valence-electron chi connectivity index (χ2n) is 5.32. The summed E-state index contributed by atoms with van der Waals surface area (Å²) in [6.45, 7) is 0. The lowest BCUT2D eigenvalue weighted by atomic mass is 10.2. The number of nitrogens with two attached hydrogens (primary N) is 1. The number of nitrogen functional groups attached to an aromatic ring is 1. The maximum Gasteiger partial charge on any atom is 0.291 e. The highest BCUT2D eigenvalue weighted by atomic mass is 79.9. The molecule has 0 unspecified atom stereocenters. The van der Waals surface area contributed by atoms with E-state index in [9.17, 15) is 4.79 Å². The van der Waals surface area contributed by atoms with E-state index in [1.165, 1.54) is 7.11 Å². The zero-order valence-electron chi connectivity index (χ0n) is 13.5. The van der Waals surface area contributed by atoms with Gasteiger partial charge in [-0.15, -0.1) is 0 Å². The largest absolute Gasteiger partial charge is 0.494 e. The topological polar surface area (TPSA) is 77.5 Å². The smallest absolute Gasteiger partial charge is 0.291 e. The average molecular weight is 501 g/mol. The first-order valence-corrected chi connectivity index (χ1v) is 9.35. The van der Waals surface area contributed by atoms with Crippen molar-refractivity contribution in [2.45, 2.75) is 0 Å². The second-order valence-corrected chi connectivity index (χ2v) is 7.50. The molecule has 5 nitrogen and oxygen atoms in total. The van der Waals surface area contributed by atoms with Crippen LogP contribution >= 0.6 is 43.5 Å². The predicted octanol–water partition coefficient (Wildman–Crippen LogP) is 5.97. The molecule has 1 amide bonds. The number of carbonyl (C=O) groups is 1. The van der Waals surface area contributed by atoms with Crippen molar-refractivity contribution in [1.82, 2.24) is 0 Å². The molecule has 1 heterocycles. The highest BCUT2D eigenvalue weighted by Gasteiger charge is 2.18. The fourth-order valence-corrected chi connectivity index (χ4v) is 3.68. The molecule has 0 saturated carbocycles. The molecule has 0 spiro atoms. The van der Waals surface area contributed by atoms with Crippen molar-refractivity contribution < 1.29 is 13.9 Å². The number of hydrogen-bond donors (Lipinski definition) is 2. The number of benzene rings is 2. The van der Waals surface area contributed by atoms with Gasteiger partial charge in [-0.05, 0) is 52.3 Å². The Kier molecular flexibility index (Phi) is 5.60. The Labute approximate surface area is 171 Å². The highest BCUT2D eigenvalue weighted by Crippen LogP contribution is 2.36. The zero-order valence-corrected chi connectivity index (χ0v) is 17.4. The average Bonchev–Trinajstić information content (AvgIpc) is 3.06. The van der Waals surface area contributed by atoms with Crippen LogP contribution in [0.5, 0.6) is 5.75 Å². The monoisotopic (exact) mass is 498 g/mol. The highest BCUT2D eigenvalue weighted by molar-refractivity contribution is 9.10. The van der Waals surface area contributed by atoms with E-state index in [0.29, 0.717) is 37.9 Å². The number of amides is 1. The van der Waals surface area contributed by atoms with Crippen LogP contribution in [0.4, 0.5) is 11.4 Å². The normalized spacial score (nSPS) is 10.6. The Morgan fingerprint density at radius 3 is 2.65 bits per heavy atom. The first-order valence-electron chi connectivity index (χ1n) is 7.38. The molecule has 0 saturated heterocycles. The molecule has 3 N–H and O–H groups in total. The van der Waals surface area contributed by atoms with Crippen molar-refractivity contribution in [2.24, 2.45) is 0 Å². The standard InChI is InChI=1S/C18H13Br2ClN2O3/c1-25-16-8-10(22)7-12(20)17(16)23-18(24)15-5-4-14(26-15)11-3-2-9(19)6-13(11)21/h2-8H,22H2,1H3,(H,23,24). The lowest BCUT2D eigenvalue weighted by molar-refractivity contribution is 0.0997. The first-order chi connectivity index (χ1) is 12.4. The van der Waals surface area contributed by atoms with Gasteiger partial charge in [0.2, 0.25) is 0 Å². The fourth-order valence-electron chi connectivity index (χ4n) is 2.35. The molecule has 134 valence electrons. The Hall–Kier alpha value is -1.96. The maximum atomic E-state index is 12.6. The summed E-state index contributed by atoms with van der Waals surface area (Å²) >= 11 is 13.0. The lowest BCUT2D eigenvalue weighted by Gasteiger charge is -2.12. The molecule has 0 atom stereocenters. The van der Waals surface area contributed by atoms with Gasteiger partial charge in [-0.1, -0.05) is 27.5 Å². The summed E-state index contributed by atoms with van der Waals surface area (Å²) in [4.78, 5) is 12.6. The molecular weight excluding hydrogens is 487 g/mol. The third-order valence-electron chi connectivity index (χ3n) is 3.56. The minimum Gasteiger partial charge on any atom is -0.494 e. The number of hydrogen-bond acceptors (Lipinski definition) is 4. The minimum atomic E-state index is -0.423. The van der Waals surface area contributed by atoms with Crippen LogP contribution < -0.4 is 15.8 Å². The van der Waals surface area contributed by atoms with Crippen LogP contribution in [0.2, 0.25) is 5.02 Å². The molecule has 0 radical (unpaired) electrons. The lowest BCUT2D eigenvalue weighted by Crippen LogP contribution is -2.12. The number of halogens is 3. The summed E-state index contributed by atoms with van der Waals surface area (Å²) in [5.74, 6) is 0.655. The van der Waals surface area contributed by atoms with Gasteiger partial charge in [-0.3, -0.25) is 4.79 Å². The van der Waals surface area contributed by atoms with Gasteiger partial charge in [0.25, 0.3) is 5.91 Å². The molecule has 0 aliphatic heterocycles. The number of anilines is 2. The van der Waals surface area contributed by atoms with Crippen molar-refractivity contribution >= 4 is 60.7 Å². The number of rotatable bonds is 4. The SMILES string of the molecule is COc1cc(N)cc(Br)c1NC(=O)c1ccc(-c2ccc(Br)cc2Cl)o1. The van der Waals surface area contributed by atoms with Crippen LogP contribution in [0, 0.1) is 0 Å². The molecule has 0 aliphatic carbocycles. The third-order valence-corrected chi connectivity index (χ3v) is 4.99. The van der Waals surface area contributed by atoms with Gasteiger partial charge in [-0.25, -0.2) is 0 Å². The van der Waals surface area contributed by atoms with Crippen molar-refractivity contribution in [3.63, 3.8) is 0 Å². The maximum absolute atomic E-state index is 12.6. The molecule has 1 aromatic heterocycles. The molecule has 26 heavy (non-hydrogen) atoms. The van der Waals surface area contributed by atoms with E-state index in [1.54, 1.807) is 30.3 Å². The number of carbonyl (C=O) groups excluding carboxylic acids is 1. The number of nitrogens with one attached hydrogen (secondary N) is 1. The van der Waals surface area contributed by atoms with Gasteiger partial charge in [0.1, 0.15) is 11.5 Å². The van der Waals surface area contributed by atoms with Crippen LogP contribution in [-0.2, 0) is 0 Å². The van der Waals surface area contributed by atoms with Crippen molar-refractivity contribution in [1.29, 1.82) is 0 Å². The second kappa shape index (κ2) is 7.73. The summed E-state index contributed by atoms with van der Waals surface area (Å²) in [6.07, 6.45) is 0. The van der Waals surface area contributed by atoms with Crippen molar-refractivity contribution in [3.8, 4) is 17.1 Å². The first kappa shape index (κ1) is 18.8. The van der Waals surface area contributed by atoms with Crippen molar-refractivity contribution in [3.05, 3.63) is 62.2 Å². The molecule has 0 bridgehead atoms. The van der Waals surface area contributed by atoms with E-state index < -0.39 is 5.91 Å². The van der Waals surface area contributed by atoms with Gasteiger partial charge >= 0.3 is 0 Å². The molecule has 0 aliphatic rings. The Morgan fingerprint density at radius 2 is 1.96 bits per heavy atom. The van der Waals surface area contributed by atoms with E-state index in [2.05, 4.69) is 37.2 Å². The van der Waals surface area contributed by atoms with E-state index in [-0.39, 0.29) is 5.76 Å². The van der Waals surface area contributed by atoms with Gasteiger partial charge in [0, 0.05) is 26.3 Å². The number of ether oxygens (including phenoxy) is 1. The van der Waals surface area contributed by atoms with Crippen LogP contribution in [0.15, 0.2) is 55.8 Å². The quantitative estimate of drug-likeness (QED) is 0.433. The molecule has 3 aromatic rings. The summed E-state index contributed by atoms with van der Waals surface area (Å²) in [6, 6.07) is 12.0. The van der Waals surface area contributed by atoms with Crippen LogP contribution in [0.3, 0.4) is 0 Å². The van der Waals surface area contributed by atoms with Gasteiger partial charge in [0.15, 0.2) is 5.76 Å². The molecule has 2 aromatic carbocycles. The zero-order chi connectivity index (χ0) is 18.8. The van der Waals surface area contributed by atoms with Gasteiger partial charge in [-0.2, -0.15) is 0 Å². The van der Waals surface area contributed by atoms with E-state index in [1.807, 2.05) is 12.1 Å². The fraction of sp³-hybridized carbons (Fsp3) is 0.0556. The Balaban J connectivity index is 1.88. The summed E-state index contributed by atoms with van der Waals surface area (Å²) in [5.41, 5.74) is 7.45.